The Morgan fingerprint density at radius 1 is 1.07 bits per heavy atom. The van der Waals surface area contributed by atoms with Gasteiger partial charge in [-0.1, -0.05) is 30.3 Å². The molecule has 0 saturated carbocycles. The first-order valence-corrected chi connectivity index (χ1v) is 9.34. The van der Waals surface area contributed by atoms with E-state index in [4.69, 9.17) is 9.15 Å². The van der Waals surface area contributed by atoms with Gasteiger partial charge in [-0.3, -0.25) is 4.79 Å². The zero-order valence-corrected chi connectivity index (χ0v) is 15.9. The third-order valence-electron chi connectivity index (χ3n) is 4.74. The molecule has 1 aromatic heterocycles. The van der Waals surface area contributed by atoms with E-state index >= 15 is 0 Å². The van der Waals surface area contributed by atoms with Crippen molar-refractivity contribution in [1.82, 2.24) is 10.5 Å². The van der Waals surface area contributed by atoms with E-state index < -0.39 is 17.8 Å². The molecule has 1 aliphatic rings. The van der Waals surface area contributed by atoms with Crippen LogP contribution in [0, 0.1) is 12.8 Å². The summed E-state index contributed by atoms with van der Waals surface area (Å²) in [4.78, 5) is 32.2. The number of nitrogens with zero attached hydrogens (tertiary/aromatic N) is 1. The highest BCUT2D eigenvalue weighted by atomic mass is 16.7. The number of benzene rings is 2. The second-order valence-corrected chi connectivity index (χ2v) is 6.77. The molecule has 0 bridgehead atoms. The van der Waals surface area contributed by atoms with Gasteiger partial charge in [-0.25, -0.2) is 9.78 Å². The molecule has 0 unspecified atom stereocenters. The van der Waals surface area contributed by atoms with Crippen molar-refractivity contribution in [3.8, 4) is 17.2 Å². The van der Waals surface area contributed by atoms with Gasteiger partial charge in [-0.15, -0.1) is 0 Å². The van der Waals surface area contributed by atoms with Gasteiger partial charge < -0.3 is 14.0 Å². The molecule has 0 aliphatic carbocycles. The van der Waals surface area contributed by atoms with Gasteiger partial charge in [0.2, 0.25) is 5.89 Å². The molecule has 7 nitrogen and oxygen atoms in total. The fourth-order valence-corrected chi connectivity index (χ4v) is 3.11. The summed E-state index contributed by atoms with van der Waals surface area (Å²) in [6, 6.07) is 17.1. The smallest absolute Gasteiger partial charge is 0.345 e. The van der Waals surface area contributed by atoms with Crippen LogP contribution >= 0.6 is 0 Å². The van der Waals surface area contributed by atoms with Gasteiger partial charge in [0.25, 0.3) is 5.91 Å². The van der Waals surface area contributed by atoms with Gasteiger partial charge in [-0.2, -0.15) is 5.48 Å². The van der Waals surface area contributed by atoms with Crippen molar-refractivity contribution in [3.05, 3.63) is 71.6 Å². The first kappa shape index (κ1) is 18.7. The summed E-state index contributed by atoms with van der Waals surface area (Å²) in [6.45, 7) is 2.35. The van der Waals surface area contributed by atoms with Crippen molar-refractivity contribution in [2.45, 2.75) is 19.8 Å². The van der Waals surface area contributed by atoms with Crippen LogP contribution in [0.4, 0.5) is 0 Å². The van der Waals surface area contributed by atoms with Gasteiger partial charge in [0.1, 0.15) is 17.4 Å². The number of carbonyl (C=O) groups excluding carboxylic acids is 2. The molecule has 2 aromatic carbocycles. The number of hydroxylamine groups is 1. The molecular formula is C22H20N2O5. The molecule has 1 fully saturated rings. The van der Waals surface area contributed by atoms with Gasteiger partial charge in [0.15, 0.2) is 0 Å². The average Bonchev–Trinajstić information content (AvgIpc) is 3.27. The van der Waals surface area contributed by atoms with E-state index in [-0.39, 0.29) is 0 Å². The van der Waals surface area contributed by atoms with Crippen molar-refractivity contribution in [3.63, 3.8) is 0 Å². The number of hydrogen-bond donors (Lipinski definition) is 1. The lowest BCUT2D eigenvalue weighted by atomic mass is 9.99. The number of nitrogens with one attached hydrogen (secondary N) is 1. The van der Waals surface area contributed by atoms with Crippen LogP contribution in [0.3, 0.4) is 0 Å². The molecule has 4 rings (SSSR count). The summed E-state index contributed by atoms with van der Waals surface area (Å²) < 4.78 is 11.6. The average molecular weight is 392 g/mol. The summed E-state index contributed by atoms with van der Waals surface area (Å²) in [6.07, 6.45) is 0.920. The van der Waals surface area contributed by atoms with Crippen molar-refractivity contribution in [1.29, 1.82) is 0 Å². The van der Waals surface area contributed by atoms with Crippen molar-refractivity contribution in [2.75, 3.05) is 6.61 Å². The molecule has 1 N–H and O–H groups in total. The molecule has 7 heteroatoms. The van der Waals surface area contributed by atoms with Crippen LogP contribution in [0.2, 0.25) is 0 Å². The van der Waals surface area contributed by atoms with Crippen LogP contribution in [0.1, 0.15) is 17.0 Å². The molecule has 1 amide bonds. The summed E-state index contributed by atoms with van der Waals surface area (Å²) in [5, 5.41) is 0. The lowest BCUT2D eigenvalue weighted by molar-refractivity contribution is -0.146. The Balaban J connectivity index is 1.31. The second kappa shape index (κ2) is 8.18. The van der Waals surface area contributed by atoms with E-state index in [2.05, 4.69) is 15.3 Å². The molecular weight excluding hydrogens is 372 g/mol. The summed E-state index contributed by atoms with van der Waals surface area (Å²) in [5.41, 5.74) is 4.75. The maximum absolute atomic E-state index is 11.6. The Morgan fingerprint density at radius 3 is 2.52 bits per heavy atom. The number of amides is 1. The Labute approximate surface area is 167 Å². The second-order valence-electron chi connectivity index (χ2n) is 6.77. The van der Waals surface area contributed by atoms with Gasteiger partial charge in [-0.05, 0) is 43.2 Å². The minimum Gasteiger partial charge on any atom is -0.493 e. The minimum atomic E-state index is -0.796. The fraction of sp³-hybridized carbons (Fsp3) is 0.227. The third-order valence-corrected chi connectivity index (χ3v) is 4.74. The van der Waals surface area contributed by atoms with Crippen molar-refractivity contribution in [2.24, 2.45) is 5.92 Å². The standard InChI is InChI=1S/C22H20N2O5/c1-14-19(23-21(28-14)16-5-3-2-4-6-16)11-12-27-17-9-7-15(8-10-17)13-18-20(25)24-29-22(18)26/h2-10,18H,11-13H2,1H3,(H,24,25)/t18-/m0/s1. The SMILES string of the molecule is Cc1oc(-c2ccccc2)nc1CCOc1ccc(C[C@H]2C(=O)NOC2=O)cc1. The molecule has 1 atom stereocenters. The topological polar surface area (TPSA) is 90.7 Å². The van der Waals surface area contributed by atoms with E-state index in [1.165, 1.54) is 0 Å². The third kappa shape index (κ3) is 4.29. The predicted molar refractivity (Wildman–Crippen MR) is 104 cm³/mol. The molecule has 3 aromatic rings. The fourth-order valence-electron chi connectivity index (χ4n) is 3.11. The number of oxazole rings is 1. The first-order chi connectivity index (χ1) is 14.1. The van der Waals surface area contributed by atoms with E-state index in [0.29, 0.717) is 31.1 Å². The van der Waals surface area contributed by atoms with Crippen LogP contribution in [0.15, 0.2) is 59.0 Å². The Bertz CT molecular complexity index is 995. The van der Waals surface area contributed by atoms with E-state index in [9.17, 15) is 9.59 Å². The monoisotopic (exact) mass is 392 g/mol. The molecule has 1 aliphatic heterocycles. The maximum atomic E-state index is 11.6. The molecule has 2 heterocycles. The molecule has 0 spiro atoms. The van der Waals surface area contributed by atoms with Crippen LogP contribution in [-0.4, -0.2) is 23.5 Å². The van der Waals surface area contributed by atoms with Crippen molar-refractivity contribution >= 4 is 11.9 Å². The number of carbonyl (C=O) groups is 2. The summed E-state index contributed by atoms with van der Waals surface area (Å²) in [5.74, 6) is 0.343. The normalized spacial score (nSPS) is 15.8. The molecule has 1 saturated heterocycles. The molecule has 0 radical (unpaired) electrons. The summed E-state index contributed by atoms with van der Waals surface area (Å²) >= 11 is 0. The highest BCUT2D eigenvalue weighted by molar-refractivity contribution is 6.01. The number of aryl methyl sites for hydroxylation is 1. The van der Waals surface area contributed by atoms with Crippen LogP contribution in [0.5, 0.6) is 5.75 Å². The number of hydrogen-bond acceptors (Lipinski definition) is 6. The Hall–Kier alpha value is -3.61. The Kier molecular flexibility index (Phi) is 5.29. The van der Waals surface area contributed by atoms with E-state index in [0.717, 1.165) is 22.6 Å². The number of rotatable bonds is 7. The Morgan fingerprint density at radius 2 is 1.83 bits per heavy atom. The lowest BCUT2D eigenvalue weighted by Crippen LogP contribution is -2.21. The van der Waals surface area contributed by atoms with Gasteiger partial charge >= 0.3 is 5.97 Å². The number of ether oxygens (including phenoxy) is 1. The van der Waals surface area contributed by atoms with Gasteiger partial charge in [0, 0.05) is 12.0 Å². The predicted octanol–water partition coefficient (Wildman–Crippen LogP) is 3.02. The zero-order valence-electron chi connectivity index (χ0n) is 15.9. The van der Waals surface area contributed by atoms with E-state index in [1.54, 1.807) is 0 Å². The largest absolute Gasteiger partial charge is 0.493 e. The molecule has 148 valence electrons. The maximum Gasteiger partial charge on any atom is 0.345 e. The quantitative estimate of drug-likeness (QED) is 0.622. The highest BCUT2D eigenvalue weighted by Crippen LogP contribution is 2.22. The summed E-state index contributed by atoms with van der Waals surface area (Å²) in [7, 11) is 0. The van der Waals surface area contributed by atoms with Crippen LogP contribution in [-0.2, 0) is 27.3 Å². The first-order valence-electron chi connectivity index (χ1n) is 9.34. The van der Waals surface area contributed by atoms with E-state index in [1.807, 2.05) is 61.5 Å². The zero-order chi connectivity index (χ0) is 20.2. The van der Waals surface area contributed by atoms with Gasteiger partial charge in [0.05, 0.1) is 12.3 Å². The molecule has 29 heavy (non-hydrogen) atoms. The highest BCUT2D eigenvalue weighted by Gasteiger charge is 2.35. The van der Waals surface area contributed by atoms with Crippen molar-refractivity contribution < 1.29 is 23.6 Å². The minimum absolute atomic E-state index is 0.297. The number of aromatic nitrogens is 1. The van der Waals surface area contributed by atoms with Crippen LogP contribution in [0.25, 0.3) is 11.5 Å². The van der Waals surface area contributed by atoms with Crippen LogP contribution < -0.4 is 10.2 Å². The lowest BCUT2D eigenvalue weighted by Gasteiger charge is -2.07.